The van der Waals surface area contributed by atoms with E-state index in [-0.39, 0.29) is 25.0 Å². The van der Waals surface area contributed by atoms with E-state index in [1.165, 1.54) is 18.3 Å². The highest BCUT2D eigenvalue weighted by molar-refractivity contribution is 7.11. The minimum Gasteiger partial charge on any atom is -0.388 e. The van der Waals surface area contributed by atoms with Crippen LogP contribution in [0.3, 0.4) is 0 Å². The van der Waals surface area contributed by atoms with Gasteiger partial charge in [-0.1, -0.05) is 13.8 Å². The summed E-state index contributed by atoms with van der Waals surface area (Å²) in [6.45, 7) is 7.69. The lowest BCUT2D eigenvalue weighted by molar-refractivity contribution is -0.140. The zero-order valence-electron chi connectivity index (χ0n) is 19.3. The van der Waals surface area contributed by atoms with Crippen LogP contribution in [0.1, 0.15) is 49.8 Å². The average Bonchev–Trinajstić information content (AvgIpc) is 3.28. The molecule has 0 bridgehead atoms. The van der Waals surface area contributed by atoms with Crippen LogP contribution in [0.2, 0.25) is 0 Å². The Morgan fingerprint density at radius 1 is 1.25 bits per heavy atom. The van der Waals surface area contributed by atoms with Crippen LogP contribution >= 0.6 is 11.3 Å². The third kappa shape index (κ3) is 8.74. The van der Waals surface area contributed by atoms with E-state index in [9.17, 15) is 19.8 Å². The number of carbonyl (C=O) groups is 2. The average molecular weight is 472 g/mol. The highest BCUT2D eigenvalue weighted by Gasteiger charge is 2.31. The van der Waals surface area contributed by atoms with Crippen LogP contribution in [0.25, 0.3) is 0 Å². The molecule has 32 heavy (non-hydrogen) atoms. The predicted octanol–water partition coefficient (Wildman–Crippen LogP) is 1.40. The fraction of sp³-hybridized carbons (Fsp3) is 0.773. The molecular formula is C22H37N3O6S. The molecule has 1 aromatic heterocycles. The zero-order valence-corrected chi connectivity index (χ0v) is 20.1. The molecule has 1 aromatic rings. The number of carbonyl (C=O) groups excluding carboxylic acids is 2. The van der Waals surface area contributed by atoms with Crippen LogP contribution in [-0.4, -0.2) is 101 Å². The number of nitrogens with zero attached hydrogens (tertiary/aromatic N) is 3. The number of aliphatic hydroxyl groups is 2. The van der Waals surface area contributed by atoms with Crippen molar-refractivity contribution in [1.29, 1.82) is 0 Å². The van der Waals surface area contributed by atoms with Crippen LogP contribution in [-0.2, 0) is 14.3 Å². The Labute approximate surface area is 194 Å². The van der Waals surface area contributed by atoms with Crippen molar-refractivity contribution in [2.45, 2.75) is 58.3 Å². The maximum atomic E-state index is 12.9. The molecule has 2 N–H and O–H groups in total. The first-order chi connectivity index (χ1) is 15.3. The van der Waals surface area contributed by atoms with Gasteiger partial charge in [0.25, 0.3) is 5.91 Å². The quantitative estimate of drug-likeness (QED) is 0.667. The molecule has 2 amide bonds. The minimum absolute atomic E-state index is 0.0208. The van der Waals surface area contributed by atoms with Crippen molar-refractivity contribution in [3.05, 3.63) is 16.6 Å². The van der Waals surface area contributed by atoms with Gasteiger partial charge in [-0.15, -0.1) is 11.3 Å². The summed E-state index contributed by atoms with van der Waals surface area (Å²) in [6, 6.07) is 0. The molecular weight excluding hydrogens is 434 g/mol. The van der Waals surface area contributed by atoms with Gasteiger partial charge in [-0.05, 0) is 25.2 Å². The molecule has 1 saturated heterocycles. The Balaban J connectivity index is 2.15. The van der Waals surface area contributed by atoms with E-state index in [1.807, 2.05) is 0 Å². The largest absolute Gasteiger partial charge is 0.388 e. The lowest BCUT2D eigenvalue weighted by Gasteiger charge is -2.33. The molecule has 2 rings (SSSR count). The van der Waals surface area contributed by atoms with Gasteiger partial charge in [0.15, 0.2) is 5.01 Å². The van der Waals surface area contributed by atoms with Crippen molar-refractivity contribution < 1.29 is 29.3 Å². The molecule has 0 radical (unpaired) electrons. The second kappa shape index (κ2) is 13.8. The van der Waals surface area contributed by atoms with Crippen LogP contribution in [0.15, 0.2) is 11.6 Å². The van der Waals surface area contributed by atoms with Crippen LogP contribution in [0, 0.1) is 5.92 Å². The van der Waals surface area contributed by atoms with Crippen molar-refractivity contribution in [3.63, 3.8) is 0 Å². The second-order valence-corrected chi connectivity index (χ2v) is 9.42. The number of aliphatic hydroxyl groups excluding tert-OH is 2. The number of rotatable bonds is 5. The molecule has 0 unspecified atom stereocenters. The highest BCUT2D eigenvalue weighted by Crippen LogP contribution is 2.14. The van der Waals surface area contributed by atoms with Gasteiger partial charge in [0.1, 0.15) is 18.3 Å². The summed E-state index contributed by atoms with van der Waals surface area (Å²) in [5, 5.41) is 23.3. The summed E-state index contributed by atoms with van der Waals surface area (Å²) in [7, 11) is 0. The first kappa shape index (κ1) is 26.7. The van der Waals surface area contributed by atoms with Crippen LogP contribution in [0.4, 0.5) is 0 Å². The number of ether oxygens (including phenoxy) is 2. The van der Waals surface area contributed by atoms with E-state index in [0.29, 0.717) is 50.2 Å². The minimum atomic E-state index is -1.19. The molecule has 10 heteroatoms. The molecule has 3 atom stereocenters. The van der Waals surface area contributed by atoms with Crippen LogP contribution < -0.4 is 0 Å². The molecule has 0 spiro atoms. The monoisotopic (exact) mass is 471 g/mol. The lowest BCUT2D eigenvalue weighted by Crippen LogP contribution is -2.50. The lowest BCUT2D eigenvalue weighted by atomic mass is 10.1. The summed E-state index contributed by atoms with van der Waals surface area (Å²) in [5.74, 6) is 0.0825. The van der Waals surface area contributed by atoms with E-state index in [2.05, 4.69) is 18.8 Å². The zero-order chi connectivity index (χ0) is 23.5. The fourth-order valence-corrected chi connectivity index (χ4v) is 3.99. The fourth-order valence-electron chi connectivity index (χ4n) is 3.39. The first-order valence-corrected chi connectivity index (χ1v) is 12.2. The van der Waals surface area contributed by atoms with Crippen molar-refractivity contribution in [2.75, 3.05) is 46.0 Å². The molecule has 182 valence electrons. The van der Waals surface area contributed by atoms with E-state index >= 15 is 0 Å². The first-order valence-electron chi connectivity index (χ1n) is 11.3. The van der Waals surface area contributed by atoms with Crippen molar-refractivity contribution >= 4 is 23.2 Å². The number of aromatic nitrogens is 1. The van der Waals surface area contributed by atoms with Crippen LogP contribution in [0.5, 0.6) is 0 Å². The highest BCUT2D eigenvalue weighted by atomic mass is 32.1. The summed E-state index contributed by atoms with van der Waals surface area (Å²) in [4.78, 5) is 32.6. The van der Waals surface area contributed by atoms with Gasteiger partial charge >= 0.3 is 0 Å². The number of amides is 2. The van der Waals surface area contributed by atoms with E-state index in [1.54, 1.807) is 21.4 Å². The van der Waals surface area contributed by atoms with Crippen molar-refractivity contribution in [2.24, 2.45) is 5.92 Å². The SMILES string of the molecule is CC(=O)N1CCN(C(=O)c2nccs2)CCCCOC[C@@H](O)[C@@H](O)[C@H](OCCC(C)C)C1. The summed E-state index contributed by atoms with van der Waals surface area (Å²) in [5.41, 5.74) is 0. The van der Waals surface area contributed by atoms with Gasteiger partial charge < -0.3 is 29.5 Å². The Bertz CT molecular complexity index is 687. The summed E-state index contributed by atoms with van der Waals surface area (Å²) >= 11 is 1.29. The second-order valence-electron chi connectivity index (χ2n) is 8.53. The summed E-state index contributed by atoms with van der Waals surface area (Å²) < 4.78 is 11.4. The summed E-state index contributed by atoms with van der Waals surface area (Å²) in [6.07, 6.45) is 0.753. The molecule has 1 fully saturated rings. The third-order valence-corrected chi connectivity index (χ3v) is 6.21. The Morgan fingerprint density at radius 2 is 2.00 bits per heavy atom. The molecule has 1 aliphatic rings. The smallest absolute Gasteiger partial charge is 0.282 e. The number of hydrogen-bond donors (Lipinski definition) is 2. The topological polar surface area (TPSA) is 112 Å². The third-order valence-electron chi connectivity index (χ3n) is 5.45. The van der Waals surface area contributed by atoms with Gasteiger partial charge in [0.05, 0.1) is 6.61 Å². The van der Waals surface area contributed by atoms with Crippen molar-refractivity contribution in [1.82, 2.24) is 14.8 Å². The molecule has 0 aliphatic carbocycles. The van der Waals surface area contributed by atoms with Gasteiger partial charge in [0, 0.05) is 57.9 Å². The van der Waals surface area contributed by atoms with E-state index in [4.69, 9.17) is 9.47 Å². The maximum absolute atomic E-state index is 12.9. The molecule has 0 aromatic carbocycles. The molecule has 9 nitrogen and oxygen atoms in total. The van der Waals surface area contributed by atoms with Gasteiger partial charge in [-0.25, -0.2) is 4.98 Å². The number of hydrogen-bond acceptors (Lipinski definition) is 8. The predicted molar refractivity (Wildman–Crippen MR) is 122 cm³/mol. The van der Waals surface area contributed by atoms with Gasteiger partial charge in [-0.3, -0.25) is 9.59 Å². The van der Waals surface area contributed by atoms with Gasteiger partial charge in [-0.2, -0.15) is 0 Å². The molecule has 1 aliphatic heterocycles. The maximum Gasteiger partial charge on any atom is 0.282 e. The molecule has 2 heterocycles. The van der Waals surface area contributed by atoms with Crippen molar-refractivity contribution in [3.8, 4) is 0 Å². The molecule has 0 saturated carbocycles. The van der Waals surface area contributed by atoms with E-state index in [0.717, 1.165) is 12.8 Å². The number of thiazole rings is 1. The Hall–Kier alpha value is -1.59. The Kier molecular flexibility index (Phi) is 11.5. The van der Waals surface area contributed by atoms with Gasteiger partial charge in [0.2, 0.25) is 5.91 Å². The van der Waals surface area contributed by atoms with E-state index < -0.39 is 18.3 Å². The Morgan fingerprint density at radius 3 is 2.66 bits per heavy atom. The normalized spacial score (nSPS) is 24.4. The standard InChI is InChI=1S/C22H37N3O6S/c1-16(2)6-12-31-19-14-25(17(3)26)10-9-24(22(29)21-23-7-13-32-21)8-4-5-11-30-15-18(27)20(19)28/h7,13,16,18-20,27-28H,4-6,8-12,14-15H2,1-3H3/t18-,19-,20-/m1/s1.